The Bertz CT molecular complexity index is 247. The third kappa shape index (κ3) is 2.72. The Kier molecular flexibility index (Phi) is 3.81. The summed E-state index contributed by atoms with van der Waals surface area (Å²) >= 11 is 0. The van der Waals surface area contributed by atoms with Crippen LogP contribution in [0.4, 0.5) is 0 Å². The molecule has 1 heterocycles. The predicted molar refractivity (Wildman–Crippen MR) is 65.7 cm³/mol. The molecule has 0 saturated carbocycles. The van der Waals surface area contributed by atoms with Gasteiger partial charge in [0.05, 0.1) is 17.8 Å². The van der Waals surface area contributed by atoms with E-state index in [0.717, 1.165) is 16.0 Å². The quantitative estimate of drug-likeness (QED) is 0.670. The molecule has 86 valence electrons. The number of hydrogen-bond acceptors (Lipinski definition) is 3. The first-order valence-corrected chi connectivity index (χ1v) is 6.13. The van der Waals surface area contributed by atoms with Gasteiger partial charge in [-0.15, -0.1) is 0 Å². The fourth-order valence-corrected chi connectivity index (χ4v) is 1.51. The summed E-state index contributed by atoms with van der Waals surface area (Å²) in [6.45, 7) is 10.9. The molecule has 0 radical (unpaired) electrons. The molecule has 1 rings (SSSR count). The van der Waals surface area contributed by atoms with Gasteiger partial charge in [-0.25, -0.2) is 0 Å². The average molecular weight is 228 g/mol. The van der Waals surface area contributed by atoms with Crippen LogP contribution in [0.2, 0.25) is 0 Å². The maximum Gasteiger partial charge on any atom is 0.490 e. The van der Waals surface area contributed by atoms with E-state index in [4.69, 9.17) is 13.7 Å². The first kappa shape index (κ1) is 13.0. The molecule has 0 N–H and O–H groups in total. The fraction of sp³-hybridized carbons (Fsp3) is 0.800. The molecule has 0 aromatic heterocycles. The van der Waals surface area contributed by atoms with Gasteiger partial charge in [-0.2, -0.15) is 0 Å². The van der Waals surface area contributed by atoms with Crippen molar-refractivity contribution >= 4 is 17.6 Å². The van der Waals surface area contributed by atoms with Crippen LogP contribution in [0, 0.1) is 0 Å². The Morgan fingerprint density at radius 2 is 1.73 bits per heavy atom. The van der Waals surface area contributed by atoms with Crippen molar-refractivity contribution in [2.45, 2.75) is 45.8 Å². The van der Waals surface area contributed by atoms with E-state index in [1.54, 1.807) is 0 Å². The molecular formula is C10H21BO3Si. The van der Waals surface area contributed by atoms with Gasteiger partial charge < -0.3 is 13.7 Å². The lowest BCUT2D eigenvalue weighted by Gasteiger charge is -2.32. The Morgan fingerprint density at radius 3 is 2.13 bits per heavy atom. The first-order valence-electron chi connectivity index (χ1n) is 5.31. The van der Waals surface area contributed by atoms with Gasteiger partial charge in [-0.3, -0.25) is 0 Å². The number of hydrogen-bond donors (Lipinski definition) is 0. The molecule has 15 heavy (non-hydrogen) atoms. The minimum Gasteiger partial charge on any atom is -0.424 e. The molecule has 0 spiro atoms. The van der Waals surface area contributed by atoms with Crippen LogP contribution in [0.3, 0.4) is 0 Å². The summed E-state index contributed by atoms with van der Waals surface area (Å²) in [6, 6.07) is 0. The Morgan fingerprint density at radius 1 is 1.27 bits per heavy atom. The summed E-state index contributed by atoms with van der Waals surface area (Å²) in [7, 11) is 0.533. The Balaban J connectivity index is 2.70. The fourth-order valence-electron chi connectivity index (χ4n) is 1.34. The van der Waals surface area contributed by atoms with Crippen molar-refractivity contribution in [3.63, 3.8) is 0 Å². The van der Waals surface area contributed by atoms with Crippen LogP contribution >= 0.6 is 0 Å². The van der Waals surface area contributed by atoms with Gasteiger partial charge in [0.2, 0.25) is 0 Å². The zero-order chi connectivity index (χ0) is 11.7. The Labute approximate surface area is 95.9 Å². The monoisotopic (exact) mass is 228 g/mol. The maximum atomic E-state index is 5.89. The lowest BCUT2D eigenvalue weighted by atomic mass is 9.79. The SMILES string of the molecule is CC(=CCO[SiH3])B1OC(C)(C)C(C)(C)O1. The van der Waals surface area contributed by atoms with Crippen molar-refractivity contribution in [3.8, 4) is 0 Å². The minimum atomic E-state index is -0.255. The molecular weight excluding hydrogens is 207 g/mol. The van der Waals surface area contributed by atoms with Crippen LogP contribution in [-0.2, 0) is 13.7 Å². The molecule has 1 aliphatic rings. The van der Waals surface area contributed by atoms with E-state index in [2.05, 4.69) is 27.7 Å². The summed E-state index contributed by atoms with van der Waals surface area (Å²) < 4.78 is 16.9. The molecule has 1 saturated heterocycles. The van der Waals surface area contributed by atoms with E-state index in [0.29, 0.717) is 6.61 Å². The van der Waals surface area contributed by atoms with E-state index < -0.39 is 0 Å². The molecule has 1 aliphatic heterocycles. The topological polar surface area (TPSA) is 27.7 Å². The molecule has 0 amide bonds. The van der Waals surface area contributed by atoms with Gasteiger partial charge in [-0.1, -0.05) is 6.08 Å². The normalized spacial score (nSPS) is 24.9. The highest BCUT2D eigenvalue weighted by atomic mass is 28.2. The van der Waals surface area contributed by atoms with Crippen molar-refractivity contribution in [2.75, 3.05) is 6.61 Å². The van der Waals surface area contributed by atoms with Crippen LogP contribution in [0.1, 0.15) is 34.6 Å². The highest BCUT2D eigenvalue weighted by molar-refractivity contribution is 6.54. The number of rotatable bonds is 3. The second-order valence-corrected chi connectivity index (χ2v) is 5.57. The van der Waals surface area contributed by atoms with Gasteiger partial charge in [-0.05, 0) is 40.1 Å². The van der Waals surface area contributed by atoms with Crippen LogP contribution in [0.5, 0.6) is 0 Å². The third-order valence-corrected chi connectivity index (χ3v) is 3.53. The standard InChI is InChI=1S/C10H21BO3Si/c1-8(6-7-12-15)11-13-9(2,3)10(4,5)14-11/h6H,7H2,1-5,15H3. The van der Waals surface area contributed by atoms with Crippen LogP contribution in [0.25, 0.3) is 0 Å². The lowest BCUT2D eigenvalue weighted by molar-refractivity contribution is 0.00578. The molecule has 0 aromatic rings. The van der Waals surface area contributed by atoms with Crippen LogP contribution < -0.4 is 0 Å². The summed E-state index contributed by atoms with van der Waals surface area (Å²) in [5.41, 5.74) is 0.577. The molecule has 0 aromatic carbocycles. The molecule has 0 unspecified atom stereocenters. The van der Waals surface area contributed by atoms with Crippen molar-refractivity contribution in [3.05, 3.63) is 11.5 Å². The van der Waals surface area contributed by atoms with Crippen molar-refractivity contribution in [1.29, 1.82) is 0 Å². The van der Waals surface area contributed by atoms with E-state index in [-0.39, 0.29) is 18.3 Å². The molecule has 0 atom stereocenters. The van der Waals surface area contributed by atoms with E-state index in [1.165, 1.54) is 0 Å². The van der Waals surface area contributed by atoms with Gasteiger partial charge in [0, 0.05) is 0 Å². The highest BCUT2D eigenvalue weighted by Crippen LogP contribution is 2.38. The molecule has 3 nitrogen and oxygen atoms in total. The summed E-state index contributed by atoms with van der Waals surface area (Å²) in [4.78, 5) is 0. The Hall–Kier alpha value is -0.0982. The van der Waals surface area contributed by atoms with E-state index >= 15 is 0 Å². The highest BCUT2D eigenvalue weighted by Gasteiger charge is 2.51. The third-order valence-electron chi connectivity index (χ3n) is 3.20. The van der Waals surface area contributed by atoms with Gasteiger partial charge >= 0.3 is 7.12 Å². The largest absolute Gasteiger partial charge is 0.490 e. The van der Waals surface area contributed by atoms with Gasteiger partial charge in [0.15, 0.2) is 0 Å². The number of allylic oxidation sites excluding steroid dienone is 1. The van der Waals surface area contributed by atoms with E-state index in [1.807, 2.05) is 13.0 Å². The molecule has 1 fully saturated rings. The van der Waals surface area contributed by atoms with Crippen molar-refractivity contribution in [1.82, 2.24) is 0 Å². The maximum absolute atomic E-state index is 5.89. The molecule has 0 aliphatic carbocycles. The lowest BCUT2D eigenvalue weighted by Crippen LogP contribution is -2.41. The summed E-state index contributed by atoms with van der Waals surface area (Å²) in [5.74, 6) is 0. The van der Waals surface area contributed by atoms with Crippen LogP contribution in [0.15, 0.2) is 11.5 Å². The second kappa shape index (κ2) is 4.41. The van der Waals surface area contributed by atoms with Crippen molar-refractivity contribution in [2.24, 2.45) is 0 Å². The average Bonchev–Trinajstić information content (AvgIpc) is 2.32. The van der Waals surface area contributed by atoms with E-state index in [9.17, 15) is 0 Å². The zero-order valence-corrected chi connectivity index (χ0v) is 12.6. The zero-order valence-electron chi connectivity index (χ0n) is 10.6. The second-order valence-electron chi connectivity index (χ2n) is 4.99. The molecule has 5 heteroatoms. The minimum absolute atomic E-state index is 0.230. The summed E-state index contributed by atoms with van der Waals surface area (Å²) in [6.07, 6.45) is 2.02. The van der Waals surface area contributed by atoms with Crippen molar-refractivity contribution < 1.29 is 13.7 Å². The molecule has 0 bridgehead atoms. The predicted octanol–water partition coefficient (Wildman–Crippen LogP) is 0.861. The summed E-state index contributed by atoms with van der Waals surface area (Å²) in [5, 5.41) is 0. The first-order chi connectivity index (χ1) is 6.80. The van der Waals surface area contributed by atoms with Gasteiger partial charge in [0.1, 0.15) is 10.5 Å². The smallest absolute Gasteiger partial charge is 0.424 e. The van der Waals surface area contributed by atoms with Gasteiger partial charge in [0.25, 0.3) is 0 Å². The van der Waals surface area contributed by atoms with Crippen LogP contribution in [-0.4, -0.2) is 35.4 Å².